The summed E-state index contributed by atoms with van der Waals surface area (Å²) in [5.74, 6) is 5.94. The maximum Gasteiger partial charge on any atom is 0.417 e. The lowest BCUT2D eigenvalue weighted by Crippen LogP contribution is -2.47. The van der Waals surface area contributed by atoms with Gasteiger partial charge in [0.15, 0.2) is 0 Å². The van der Waals surface area contributed by atoms with E-state index in [-0.39, 0.29) is 11.9 Å². The standard InChI is InChI=1S/C21H24N4O3/c1-2-7-20(26)23-16-8-6-13-25(15-16)17-11-12-22-19(14-17)24-21(27)28-18-9-4-3-5-10-18/h3-4,9,11-12,14,16H,5-6,8,10,13,15H2,1H3,(H,23,26)(H,22,24,27). The summed E-state index contributed by atoms with van der Waals surface area (Å²) in [7, 11) is 0. The first-order valence-electron chi connectivity index (χ1n) is 9.43. The van der Waals surface area contributed by atoms with Crippen LogP contribution in [0, 0.1) is 11.8 Å². The highest BCUT2D eigenvalue weighted by Gasteiger charge is 2.21. The smallest absolute Gasteiger partial charge is 0.415 e. The van der Waals surface area contributed by atoms with Gasteiger partial charge in [-0.3, -0.25) is 10.1 Å². The quantitative estimate of drug-likeness (QED) is 0.785. The van der Waals surface area contributed by atoms with Gasteiger partial charge in [-0.05, 0) is 44.2 Å². The third-order valence-electron chi connectivity index (χ3n) is 4.53. The first-order chi connectivity index (χ1) is 13.6. The van der Waals surface area contributed by atoms with Crippen molar-refractivity contribution in [1.29, 1.82) is 0 Å². The lowest BCUT2D eigenvalue weighted by Gasteiger charge is -2.34. The Kier molecular flexibility index (Phi) is 6.68. The molecule has 1 aliphatic carbocycles. The number of carbonyl (C=O) groups is 2. The molecule has 1 unspecified atom stereocenters. The van der Waals surface area contributed by atoms with E-state index < -0.39 is 6.09 Å². The molecular weight excluding hydrogens is 356 g/mol. The molecule has 1 aliphatic heterocycles. The fourth-order valence-electron chi connectivity index (χ4n) is 3.26. The van der Waals surface area contributed by atoms with Crippen LogP contribution in [-0.4, -0.2) is 36.1 Å². The van der Waals surface area contributed by atoms with Gasteiger partial charge in [0.05, 0.1) is 0 Å². The zero-order valence-electron chi connectivity index (χ0n) is 15.9. The van der Waals surface area contributed by atoms with Gasteiger partial charge in [-0.2, -0.15) is 0 Å². The second kappa shape index (κ2) is 9.60. The van der Waals surface area contributed by atoms with E-state index in [1.807, 2.05) is 24.3 Å². The van der Waals surface area contributed by atoms with E-state index in [2.05, 4.69) is 32.4 Å². The molecule has 1 fully saturated rings. The highest BCUT2D eigenvalue weighted by molar-refractivity contribution is 5.93. The average Bonchev–Trinajstić information content (AvgIpc) is 2.69. The van der Waals surface area contributed by atoms with E-state index in [9.17, 15) is 9.59 Å². The monoisotopic (exact) mass is 380 g/mol. The number of hydrogen-bond acceptors (Lipinski definition) is 5. The van der Waals surface area contributed by atoms with Gasteiger partial charge in [-0.25, -0.2) is 9.78 Å². The molecule has 2 amide bonds. The summed E-state index contributed by atoms with van der Waals surface area (Å²) in [6, 6.07) is 3.75. The zero-order chi connectivity index (χ0) is 19.8. The van der Waals surface area contributed by atoms with Crippen molar-refractivity contribution in [2.45, 2.75) is 38.6 Å². The van der Waals surface area contributed by atoms with E-state index in [0.29, 0.717) is 24.5 Å². The van der Waals surface area contributed by atoms with Crippen LogP contribution in [0.3, 0.4) is 0 Å². The average molecular weight is 380 g/mol. The van der Waals surface area contributed by atoms with Crippen molar-refractivity contribution in [1.82, 2.24) is 10.3 Å². The van der Waals surface area contributed by atoms with Crippen LogP contribution >= 0.6 is 0 Å². The first-order valence-corrected chi connectivity index (χ1v) is 9.43. The summed E-state index contributed by atoms with van der Waals surface area (Å²) in [5, 5.41) is 5.62. The van der Waals surface area contributed by atoms with Gasteiger partial charge in [0.25, 0.3) is 5.91 Å². The van der Waals surface area contributed by atoms with Crippen molar-refractivity contribution in [2.24, 2.45) is 0 Å². The molecule has 0 spiro atoms. The molecule has 2 N–H and O–H groups in total. The zero-order valence-corrected chi connectivity index (χ0v) is 15.9. The summed E-state index contributed by atoms with van der Waals surface area (Å²) >= 11 is 0. The number of pyridine rings is 1. The highest BCUT2D eigenvalue weighted by Crippen LogP contribution is 2.22. The minimum Gasteiger partial charge on any atom is -0.415 e. The fourth-order valence-corrected chi connectivity index (χ4v) is 3.26. The molecule has 0 bridgehead atoms. The number of amides is 2. The molecule has 2 aliphatic rings. The van der Waals surface area contributed by atoms with Crippen molar-refractivity contribution >= 4 is 23.5 Å². The number of aromatic nitrogens is 1. The molecule has 3 rings (SSSR count). The van der Waals surface area contributed by atoms with E-state index in [1.165, 1.54) is 0 Å². The number of carbonyl (C=O) groups excluding carboxylic acids is 2. The third kappa shape index (κ3) is 5.61. The van der Waals surface area contributed by atoms with Crippen LogP contribution in [-0.2, 0) is 9.53 Å². The van der Waals surface area contributed by atoms with Gasteiger partial charge in [-0.1, -0.05) is 18.1 Å². The number of anilines is 2. The van der Waals surface area contributed by atoms with Gasteiger partial charge in [-0.15, -0.1) is 0 Å². The molecule has 7 nitrogen and oxygen atoms in total. The number of piperidine rings is 1. The molecule has 0 aromatic carbocycles. The Balaban J connectivity index is 1.59. The number of allylic oxidation sites excluding steroid dienone is 4. The molecule has 1 saturated heterocycles. The Morgan fingerprint density at radius 2 is 2.29 bits per heavy atom. The van der Waals surface area contributed by atoms with E-state index >= 15 is 0 Å². The van der Waals surface area contributed by atoms with Gasteiger partial charge in [0.1, 0.15) is 11.6 Å². The molecule has 0 radical (unpaired) electrons. The van der Waals surface area contributed by atoms with Gasteiger partial charge in [0, 0.05) is 43.5 Å². The third-order valence-corrected chi connectivity index (χ3v) is 4.53. The molecule has 1 aromatic rings. The van der Waals surface area contributed by atoms with Crippen LogP contribution in [0.25, 0.3) is 0 Å². The molecule has 7 heteroatoms. The second-order valence-electron chi connectivity index (χ2n) is 6.65. The molecule has 1 aromatic heterocycles. The Labute approximate surface area is 164 Å². The van der Waals surface area contributed by atoms with Crippen LogP contribution in [0.2, 0.25) is 0 Å². The van der Waals surface area contributed by atoms with Crippen molar-refractivity contribution in [3.05, 3.63) is 42.3 Å². The Morgan fingerprint density at radius 1 is 1.39 bits per heavy atom. The van der Waals surface area contributed by atoms with Crippen molar-refractivity contribution in [3.63, 3.8) is 0 Å². The van der Waals surface area contributed by atoms with Crippen LogP contribution in [0.15, 0.2) is 42.3 Å². The van der Waals surface area contributed by atoms with E-state index in [0.717, 1.165) is 31.5 Å². The summed E-state index contributed by atoms with van der Waals surface area (Å²) in [6.07, 6.45) is 10.2. The number of nitrogens with one attached hydrogen (secondary N) is 2. The number of nitrogens with zero attached hydrogens (tertiary/aromatic N) is 2. The van der Waals surface area contributed by atoms with Crippen molar-refractivity contribution in [3.8, 4) is 11.8 Å². The second-order valence-corrected chi connectivity index (χ2v) is 6.65. The number of rotatable bonds is 4. The van der Waals surface area contributed by atoms with E-state index in [4.69, 9.17) is 4.74 Å². The lowest BCUT2D eigenvalue weighted by atomic mass is 10.0. The highest BCUT2D eigenvalue weighted by atomic mass is 16.6. The molecule has 1 atom stereocenters. The molecule has 146 valence electrons. The lowest BCUT2D eigenvalue weighted by molar-refractivity contribution is -0.116. The molecule has 2 heterocycles. The Morgan fingerprint density at radius 3 is 3.07 bits per heavy atom. The predicted octanol–water partition coefficient (Wildman–Crippen LogP) is 2.97. The Hall–Kier alpha value is -3.27. The predicted molar refractivity (Wildman–Crippen MR) is 108 cm³/mol. The van der Waals surface area contributed by atoms with Crippen LogP contribution in [0.5, 0.6) is 0 Å². The summed E-state index contributed by atoms with van der Waals surface area (Å²) in [5.41, 5.74) is 0.936. The largest absolute Gasteiger partial charge is 0.417 e. The van der Waals surface area contributed by atoms with E-state index in [1.54, 1.807) is 19.2 Å². The molecule has 0 saturated carbocycles. The van der Waals surface area contributed by atoms with Crippen LogP contribution in [0.4, 0.5) is 16.3 Å². The normalized spacial score (nSPS) is 18.4. The van der Waals surface area contributed by atoms with Crippen LogP contribution < -0.4 is 15.5 Å². The van der Waals surface area contributed by atoms with Gasteiger partial charge >= 0.3 is 6.09 Å². The number of hydrogen-bond donors (Lipinski definition) is 2. The fraction of sp³-hybridized carbons (Fsp3) is 0.381. The first kappa shape index (κ1) is 19.5. The number of ether oxygens (including phenoxy) is 1. The summed E-state index contributed by atoms with van der Waals surface area (Å²) in [6.45, 7) is 3.20. The molecule has 28 heavy (non-hydrogen) atoms. The SMILES string of the molecule is CC#CC(=O)NC1CCCN(c2ccnc(NC(=O)OC3=CC=CCC3)c2)C1. The topological polar surface area (TPSA) is 83.6 Å². The maximum atomic E-state index is 12.1. The minimum atomic E-state index is -0.548. The maximum absolute atomic E-state index is 12.1. The van der Waals surface area contributed by atoms with Crippen molar-refractivity contribution < 1.29 is 14.3 Å². The van der Waals surface area contributed by atoms with Crippen LogP contribution in [0.1, 0.15) is 32.6 Å². The minimum absolute atomic E-state index is 0.0444. The summed E-state index contributed by atoms with van der Waals surface area (Å²) < 4.78 is 5.31. The molecular formula is C21H24N4O3. The Bertz CT molecular complexity index is 851. The van der Waals surface area contributed by atoms with Gasteiger partial charge < -0.3 is 15.0 Å². The summed E-state index contributed by atoms with van der Waals surface area (Å²) in [4.78, 5) is 30.2. The van der Waals surface area contributed by atoms with Gasteiger partial charge in [0.2, 0.25) is 0 Å². The van der Waals surface area contributed by atoms with Crippen molar-refractivity contribution in [2.75, 3.05) is 23.3 Å².